The van der Waals surface area contributed by atoms with Gasteiger partial charge in [0.2, 0.25) is 5.91 Å². The van der Waals surface area contributed by atoms with Gasteiger partial charge in [0.25, 0.3) is 0 Å². The first-order chi connectivity index (χ1) is 10.5. The molecule has 0 atom stereocenters. The highest BCUT2D eigenvalue weighted by Crippen LogP contribution is 2.33. The number of hydrogen-bond acceptors (Lipinski definition) is 3. The van der Waals surface area contributed by atoms with Crippen molar-refractivity contribution < 1.29 is 9.21 Å². The maximum Gasteiger partial charge on any atom is 0.221 e. The van der Waals surface area contributed by atoms with Gasteiger partial charge in [-0.05, 0) is 24.3 Å². The van der Waals surface area contributed by atoms with Gasteiger partial charge in [0.1, 0.15) is 5.52 Å². The number of rotatable bonds is 1. The third kappa shape index (κ3) is 1.79. The Morgan fingerprint density at radius 1 is 1.18 bits per heavy atom. The lowest BCUT2D eigenvalue weighted by molar-refractivity contribution is -0.114. The van der Waals surface area contributed by atoms with Crippen LogP contribution >= 0.6 is 0 Å². The second-order valence-corrected chi connectivity index (χ2v) is 5.54. The van der Waals surface area contributed by atoms with E-state index in [2.05, 4.69) is 14.9 Å². The summed E-state index contributed by atoms with van der Waals surface area (Å²) in [6, 6.07) is 9.98. The van der Waals surface area contributed by atoms with Crippen LogP contribution < -0.4 is 5.32 Å². The molecule has 0 aliphatic carbocycles. The Bertz CT molecular complexity index is 1060. The number of carbonyl (C=O) groups is 1. The first-order valence-electron chi connectivity index (χ1n) is 7.10. The van der Waals surface area contributed by atoms with Crippen molar-refractivity contribution >= 4 is 44.5 Å². The Morgan fingerprint density at radius 3 is 2.73 bits per heavy atom. The SMILES string of the molecule is CC(=O)Nc1ccc2c(c1)c1cc3nc(C)oc3cc1n2C. The van der Waals surface area contributed by atoms with Crippen LogP contribution in [-0.4, -0.2) is 15.5 Å². The van der Waals surface area contributed by atoms with Crippen molar-refractivity contribution in [3.05, 3.63) is 36.2 Å². The van der Waals surface area contributed by atoms with E-state index in [-0.39, 0.29) is 5.91 Å². The summed E-state index contributed by atoms with van der Waals surface area (Å²) in [5.74, 6) is 0.586. The number of aryl methyl sites for hydroxylation is 2. The van der Waals surface area contributed by atoms with Gasteiger partial charge >= 0.3 is 0 Å². The number of amides is 1. The van der Waals surface area contributed by atoms with Crippen molar-refractivity contribution in [2.75, 3.05) is 5.32 Å². The maximum absolute atomic E-state index is 11.3. The fourth-order valence-electron chi connectivity index (χ4n) is 3.03. The number of oxazole rings is 1. The average molecular weight is 293 g/mol. The number of anilines is 1. The first-order valence-corrected chi connectivity index (χ1v) is 7.10. The molecule has 5 nitrogen and oxygen atoms in total. The van der Waals surface area contributed by atoms with E-state index in [1.807, 2.05) is 44.3 Å². The number of aromatic nitrogens is 2. The molecular weight excluding hydrogens is 278 g/mol. The Labute approximate surface area is 126 Å². The van der Waals surface area contributed by atoms with Gasteiger partial charge in [0.15, 0.2) is 11.5 Å². The number of fused-ring (bicyclic) bond motifs is 4. The number of benzene rings is 2. The maximum atomic E-state index is 11.3. The summed E-state index contributed by atoms with van der Waals surface area (Å²) in [5.41, 5.74) is 4.62. The lowest BCUT2D eigenvalue weighted by Gasteiger charge is -2.02. The molecule has 0 bridgehead atoms. The predicted molar refractivity (Wildman–Crippen MR) is 87.0 cm³/mol. The molecule has 2 heterocycles. The Morgan fingerprint density at radius 2 is 1.95 bits per heavy atom. The van der Waals surface area contributed by atoms with E-state index in [9.17, 15) is 4.79 Å². The lowest BCUT2D eigenvalue weighted by Crippen LogP contribution is -2.05. The molecule has 4 aromatic rings. The zero-order chi connectivity index (χ0) is 15.4. The van der Waals surface area contributed by atoms with Crippen molar-refractivity contribution in [3.63, 3.8) is 0 Å². The molecule has 22 heavy (non-hydrogen) atoms. The normalized spacial score (nSPS) is 11.6. The average Bonchev–Trinajstić information content (AvgIpc) is 2.94. The summed E-state index contributed by atoms with van der Waals surface area (Å²) in [4.78, 5) is 15.7. The van der Waals surface area contributed by atoms with Crippen LogP contribution in [0.5, 0.6) is 0 Å². The van der Waals surface area contributed by atoms with Crippen LogP contribution in [-0.2, 0) is 11.8 Å². The molecule has 0 radical (unpaired) electrons. The molecule has 0 aliphatic heterocycles. The minimum absolute atomic E-state index is 0.0749. The van der Waals surface area contributed by atoms with Crippen molar-refractivity contribution in [3.8, 4) is 0 Å². The number of hydrogen-bond donors (Lipinski definition) is 1. The highest BCUT2D eigenvalue weighted by molar-refractivity contribution is 6.12. The largest absolute Gasteiger partial charge is 0.441 e. The van der Waals surface area contributed by atoms with Gasteiger partial charge in [-0.1, -0.05) is 0 Å². The molecule has 0 spiro atoms. The first kappa shape index (κ1) is 12.9. The molecule has 0 saturated carbocycles. The monoisotopic (exact) mass is 293 g/mol. The zero-order valence-corrected chi connectivity index (χ0v) is 12.6. The highest BCUT2D eigenvalue weighted by atomic mass is 16.3. The molecule has 110 valence electrons. The quantitative estimate of drug-likeness (QED) is 0.581. The van der Waals surface area contributed by atoms with Gasteiger partial charge in [0, 0.05) is 48.9 Å². The number of carbonyl (C=O) groups excluding carboxylic acids is 1. The van der Waals surface area contributed by atoms with E-state index in [1.165, 1.54) is 6.92 Å². The van der Waals surface area contributed by atoms with Gasteiger partial charge < -0.3 is 14.3 Å². The van der Waals surface area contributed by atoms with Crippen LogP contribution in [0.2, 0.25) is 0 Å². The molecule has 2 aromatic heterocycles. The predicted octanol–water partition coefficient (Wildman–Crippen LogP) is 3.74. The Balaban J connectivity index is 2.08. The number of nitrogens with zero attached hydrogens (tertiary/aromatic N) is 2. The molecule has 5 heteroatoms. The number of nitrogens with one attached hydrogen (secondary N) is 1. The Hall–Kier alpha value is -2.82. The molecule has 4 rings (SSSR count). The summed E-state index contributed by atoms with van der Waals surface area (Å²) in [6.45, 7) is 3.35. The third-order valence-corrected chi connectivity index (χ3v) is 3.94. The van der Waals surface area contributed by atoms with Crippen LogP contribution in [0.15, 0.2) is 34.7 Å². The van der Waals surface area contributed by atoms with Crippen LogP contribution in [0.4, 0.5) is 5.69 Å². The van der Waals surface area contributed by atoms with Gasteiger partial charge in [-0.3, -0.25) is 4.79 Å². The van der Waals surface area contributed by atoms with Gasteiger partial charge in [-0.15, -0.1) is 0 Å². The summed E-state index contributed by atoms with van der Waals surface area (Å²) >= 11 is 0. The van der Waals surface area contributed by atoms with Crippen molar-refractivity contribution in [1.82, 2.24) is 9.55 Å². The highest BCUT2D eigenvalue weighted by Gasteiger charge is 2.13. The summed E-state index contributed by atoms with van der Waals surface area (Å²) in [7, 11) is 2.03. The molecule has 1 N–H and O–H groups in total. The van der Waals surface area contributed by atoms with E-state index in [0.717, 1.165) is 38.6 Å². The van der Waals surface area contributed by atoms with E-state index >= 15 is 0 Å². The molecular formula is C17H15N3O2. The van der Waals surface area contributed by atoms with Crippen molar-refractivity contribution in [2.45, 2.75) is 13.8 Å². The third-order valence-electron chi connectivity index (χ3n) is 3.94. The topological polar surface area (TPSA) is 60.1 Å². The summed E-state index contributed by atoms with van der Waals surface area (Å²) in [6.07, 6.45) is 0. The smallest absolute Gasteiger partial charge is 0.221 e. The van der Waals surface area contributed by atoms with Gasteiger partial charge in [0.05, 0.1) is 5.52 Å². The Kier molecular flexibility index (Phi) is 2.54. The van der Waals surface area contributed by atoms with Gasteiger partial charge in [-0.25, -0.2) is 4.98 Å². The molecule has 1 amide bonds. The van der Waals surface area contributed by atoms with E-state index in [0.29, 0.717) is 5.89 Å². The molecule has 0 aliphatic rings. The summed E-state index contributed by atoms with van der Waals surface area (Å²) < 4.78 is 7.75. The standard InChI is InChI=1S/C17H15N3O2/c1-9(21)18-11-4-5-15-12(6-11)13-7-14-17(22-10(2)19-14)8-16(13)20(15)3/h4-8H,1-3H3,(H,18,21). The van der Waals surface area contributed by atoms with Gasteiger partial charge in [-0.2, -0.15) is 0 Å². The van der Waals surface area contributed by atoms with Crippen LogP contribution in [0.25, 0.3) is 32.9 Å². The van der Waals surface area contributed by atoms with E-state index in [1.54, 1.807) is 0 Å². The fourth-order valence-corrected chi connectivity index (χ4v) is 3.03. The summed E-state index contributed by atoms with van der Waals surface area (Å²) in [5, 5.41) is 5.02. The van der Waals surface area contributed by atoms with E-state index in [4.69, 9.17) is 4.42 Å². The van der Waals surface area contributed by atoms with Crippen LogP contribution in [0.3, 0.4) is 0 Å². The van der Waals surface area contributed by atoms with Crippen molar-refractivity contribution in [1.29, 1.82) is 0 Å². The zero-order valence-electron chi connectivity index (χ0n) is 12.6. The second kappa shape index (κ2) is 4.34. The minimum atomic E-state index is -0.0749. The van der Waals surface area contributed by atoms with Crippen LogP contribution in [0, 0.1) is 6.92 Å². The minimum Gasteiger partial charge on any atom is -0.441 e. The molecule has 0 unspecified atom stereocenters. The molecule has 0 fully saturated rings. The lowest BCUT2D eigenvalue weighted by atomic mass is 10.1. The fraction of sp³-hybridized carbons (Fsp3) is 0.176. The van der Waals surface area contributed by atoms with E-state index < -0.39 is 0 Å². The van der Waals surface area contributed by atoms with Crippen LogP contribution in [0.1, 0.15) is 12.8 Å². The molecule has 0 saturated heterocycles. The molecule has 2 aromatic carbocycles. The second-order valence-electron chi connectivity index (χ2n) is 5.54. The van der Waals surface area contributed by atoms with Crippen molar-refractivity contribution in [2.24, 2.45) is 7.05 Å².